The van der Waals surface area contributed by atoms with Gasteiger partial charge in [-0.25, -0.2) is 4.98 Å². The highest BCUT2D eigenvalue weighted by Gasteiger charge is 2.48. The molecule has 3 heterocycles. The van der Waals surface area contributed by atoms with Gasteiger partial charge in [0.15, 0.2) is 5.13 Å². The second kappa shape index (κ2) is 10.0. The fourth-order valence-corrected chi connectivity index (χ4v) is 6.51. The van der Waals surface area contributed by atoms with Crippen molar-refractivity contribution in [3.05, 3.63) is 88.5 Å². The number of Topliss-reactive ketones (excluding diaryl/α,β-unsaturated/α-hetero) is 1. The van der Waals surface area contributed by atoms with Crippen molar-refractivity contribution >= 4 is 44.1 Å². The summed E-state index contributed by atoms with van der Waals surface area (Å²) in [6.45, 7) is 10.8. The van der Waals surface area contributed by atoms with Gasteiger partial charge in [-0.2, -0.15) is 0 Å². The van der Waals surface area contributed by atoms with Crippen LogP contribution in [0.2, 0.25) is 0 Å². The average Bonchev–Trinajstić information content (AvgIpc) is 3.60. The van der Waals surface area contributed by atoms with Crippen molar-refractivity contribution in [3.8, 4) is 11.5 Å². The van der Waals surface area contributed by atoms with E-state index >= 15 is 0 Å². The summed E-state index contributed by atoms with van der Waals surface area (Å²) in [5.74, 6) is -0.200. The zero-order valence-electron chi connectivity index (χ0n) is 23.7. The number of aliphatic hydroxyl groups is 1. The first-order chi connectivity index (χ1) is 19.5. The minimum absolute atomic E-state index is 0.0385. The van der Waals surface area contributed by atoms with Gasteiger partial charge in [0.05, 0.1) is 28.4 Å². The first-order valence-electron chi connectivity index (χ1n) is 13.8. The number of carbonyl (C=O) groups excluding carboxylic acids is 2. The first-order valence-corrected chi connectivity index (χ1v) is 14.6. The van der Waals surface area contributed by atoms with Crippen LogP contribution in [0.25, 0.3) is 16.0 Å². The number of hydrogen-bond donors (Lipinski definition) is 1. The molecule has 6 rings (SSSR count). The molecule has 7 nitrogen and oxygen atoms in total. The summed E-state index contributed by atoms with van der Waals surface area (Å²) < 4.78 is 12.3. The maximum Gasteiger partial charge on any atom is 0.301 e. The Balaban J connectivity index is 1.51. The minimum atomic E-state index is -0.848. The molecule has 4 aromatic rings. The lowest BCUT2D eigenvalue weighted by molar-refractivity contribution is -0.132. The second-order valence-corrected chi connectivity index (χ2v) is 12.6. The fraction of sp³-hybridized carbons (Fsp3) is 0.303. The Bertz CT molecular complexity index is 1710. The van der Waals surface area contributed by atoms with Crippen molar-refractivity contribution in [2.75, 3.05) is 11.5 Å². The number of ketones is 1. The van der Waals surface area contributed by atoms with Crippen LogP contribution in [0.1, 0.15) is 62.9 Å². The summed E-state index contributed by atoms with van der Waals surface area (Å²) in [6, 6.07) is 18.0. The molecule has 1 fully saturated rings. The molecule has 0 saturated carbocycles. The maximum atomic E-state index is 13.7. The lowest BCUT2D eigenvalue weighted by atomic mass is 9.85. The van der Waals surface area contributed by atoms with Crippen molar-refractivity contribution in [2.24, 2.45) is 0 Å². The van der Waals surface area contributed by atoms with E-state index in [2.05, 4.69) is 20.8 Å². The Hall–Kier alpha value is -4.17. The van der Waals surface area contributed by atoms with Gasteiger partial charge in [-0.15, -0.1) is 0 Å². The number of fused-ring (bicyclic) bond motifs is 2. The van der Waals surface area contributed by atoms with Crippen LogP contribution >= 0.6 is 11.3 Å². The summed E-state index contributed by atoms with van der Waals surface area (Å²) in [5.41, 5.74) is 3.93. The van der Waals surface area contributed by atoms with Gasteiger partial charge in [0.25, 0.3) is 5.78 Å². The van der Waals surface area contributed by atoms with Gasteiger partial charge < -0.3 is 14.6 Å². The Morgan fingerprint density at radius 3 is 2.56 bits per heavy atom. The number of nitrogens with zero attached hydrogens (tertiary/aromatic N) is 2. The molecule has 1 N–H and O–H groups in total. The van der Waals surface area contributed by atoms with Crippen LogP contribution in [0.5, 0.6) is 11.5 Å². The molecule has 210 valence electrons. The second-order valence-electron chi connectivity index (χ2n) is 11.6. The van der Waals surface area contributed by atoms with E-state index in [1.807, 2.05) is 62.4 Å². The number of thiazole rings is 1. The molecule has 0 unspecified atom stereocenters. The topological polar surface area (TPSA) is 89.0 Å². The summed E-state index contributed by atoms with van der Waals surface area (Å²) in [4.78, 5) is 33.5. The van der Waals surface area contributed by atoms with Crippen LogP contribution < -0.4 is 14.4 Å². The Labute approximate surface area is 243 Å². The molecule has 3 aromatic carbocycles. The summed E-state index contributed by atoms with van der Waals surface area (Å²) >= 11 is 1.31. The lowest BCUT2D eigenvalue weighted by Crippen LogP contribution is -2.29. The Kier molecular flexibility index (Phi) is 6.61. The number of hydrogen-bond acceptors (Lipinski definition) is 7. The van der Waals surface area contributed by atoms with Gasteiger partial charge in [-0.1, -0.05) is 56.4 Å². The predicted molar refractivity (Wildman–Crippen MR) is 161 cm³/mol. The van der Waals surface area contributed by atoms with E-state index in [4.69, 9.17) is 14.5 Å². The van der Waals surface area contributed by atoms with Crippen LogP contribution in [-0.4, -0.2) is 34.5 Å². The number of carbonyl (C=O) groups is 2. The van der Waals surface area contributed by atoms with Gasteiger partial charge in [0, 0.05) is 12.0 Å². The van der Waals surface area contributed by atoms with E-state index in [1.165, 1.54) is 16.2 Å². The SMILES string of the molecule is CCOc1ccc2nc(N3C(=O)C(=O)C(=C(O)c4ccc5c(c4)C[C@H](C)O5)[C@H]3c3ccc(C(C)(C)C)cc3)sc2c1. The number of anilines is 1. The van der Waals surface area contributed by atoms with E-state index in [0.29, 0.717) is 40.6 Å². The summed E-state index contributed by atoms with van der Waals surface area (Å²) in [5, 5.41) is 12.0. The van der Waals surface area contributed by atoms with Crippen molar-refractivity contribution in [3.63, 3.8) is 0 Å². The molecule has 41 heavy (non-hydrogen) atoms. The fourth-order valence-electron chi connectivity index (χ4n) is 5.49. The van der Waals surface area contributed by atoms with E-state index in [1.54, 1.807) is 12.1 Å². The van der Waals surface area contributed by atoms with Crippen molar-refractivity contribution < 1.29 is 24.2 Å². The van der Waals surface area contributed by atoms with Gasteiger partial charge in [-0.05, 0) is 72.4 Å². The van der Waals surface area contributed by atoms with Crippen LogP contribution in [0, 0.1) is 0 Å². The summed E-state index contributed by atoms with van der Waals surface area (Å²) in [7, 11) is 0. The van der Waals surface area contributed by atoms with Crippen molar-refractivity contribution in [1.29, 1.82) is 0 Å². The summed E-state index contributed by atoms with van der Waals surface area (Å²) in [6.07, 6.45) is 0.745. The smallest absolute Gasteiger partial charge is 0.301 e. The number of ether oxygens (including phenoxy) is 2. The molecular weight excluding hydrogens is 536 g/mol. The lowest BCUT2D eigenvalue weighted by Gasteiger charge is -2.24. The molecule has 2 aliphatic rings. The maximum absolute atomic E-state index is 13.7. The first kappa shape index (κ1) is 27.0. The zero-order valence-corrected chi connectivity index (χ0v) is 24.5. The van der Waals surface area contributed by atoms with Crippen LogP contribution in [0.4, 0.5) is 5.13 Å². The highest BCUT2D eigenvalue weighted by Crippen LogP contribution is 2.45. The molecule has 8 heteroatoms. The van der Waals surface area contributed by atoms with E-state index < -0.39 is 17.7 Å². The highest BCUT2D eigenvalue weighted by molar-refractivity contribution is 7.22. The normalized spacial score (nSPS) is 20.0. The standard InChI is InChI=1S/C33H32N2O5S/c1-6-39-23-12-13-24-26(17-23)41-32(34-24)35-28(19-7-10-22(11-8-19)33(3,4)5)27(30(37)31(35)38)29(36)20-9-14-25-21(16-20)15-18(2)40-25/h7-14,16-18,28,36H,6,15H2,1-5H3/t18-,28+/m0/s1. The zero-order chi connectivity index (χ0) is 29.1. The molecule has 0 radical (unpaired) electrons. The number of rotatable bonds is 5. The third-order valence-corrected chi connectivity index (χ3v) is 8.59. The van der Waals surface area contributed by atoms with E-state index in [0.717, 1.165) is 21.6 Å². The molecular formula is C33H32N2O5S. The molecule has 1 saturated heterocycles. The Morgan fingerprint density at radius 1 is 1.10 bits per heavy atom. The largest absolute Gasteiger partial charge is 0.507 e. The van der Waals surface area contributed by atoms with Gasteiger partial charge in [-0.3, -0.25) is 14.5 Å². The number of aromatic nitrogens is 1. The molecule has 0 bridgehead atoms. The molecule has 1 aromatic heterocycles. The molecule has 2 aliphatic heterocycles. The average molecular weight is 569 g/mol. The van der Waals surface area contributed by atoms with Gasteiger partial charge in [0.1, 0.15) is 23.4 Å². The third kappa shape index (κ3) is 4.76. The van der Waals surface area contributed by atoms with Crippen LogP contribution in [0.15, 0.2) is 66.2 Å². The quantitative estimate of drug-likeness (QED) is 0.159. The van der Waals surface area contributed by atoms with Crippen LogP contribution in [-0.2, 0) is 21.4 Å². The van der Waals surface area contributed by atoms with Gasteiger partial charge >= 0.3 is 5.91 Å². The Morgan fingerprint density at radius 2 is 1.85 bits per heavy atom. The van der Waals surface area contributed by atoms with E-state index in [-0.39, 0.29) is 22.9 Å². The molecule has 2 atom stereocenters. The predicted octanol–water partition coefficient (Wildman–Crippen LogP) is 6.94. The van der Waals surface area contributed by atoms with Crippen molar-refractivity contribution in [1.82, 2.24) is 4.98 Å². The van der Waals surface area contributed by atoms with E-state index in [9.17, 15) is 14.7 Å². The minimum Gasteiger partial charge on any atom is -0.507 e. The molecule has 1 amide bonds. The highest BCUT2D eigenvalue weighted by atomic mass is 32.1. The molecule has 0 aliphatic carbocycles. The molecule has 0 spiro atoms. The number of benzene rings is 3. The number of amides is 1. The monoisotopic (exact) mass is 568 g/mol. The number of aliphatic hydroxyl groups excluding tert-OH is 1. The van der Waals surface area contributed by atoms with Crippen molar-refractivity contribution in [2.45, 2.75) is 58.6 Å². The van der Waals surface area contributed by atoms with Gasteiger partial charge in [0.2, 0.25) is 0 Å². The third-order valence-electron chi connectivity index (χ3n) is 7.57. The van der Waals surface area contributed by atoms with Crippen LogP contribution in [0.3, 0.4) is 0 Å².